The van der Waals surface area contributed by atoms with Crippen molar-refractivity contribution >= 4 is 10.0 Å². The quantitative estimate of drug-likeness (QED) is 0.684. The van der Waals surface area contributed by atoms with Gasteiger partial charge in [0.05, 0.1) is 5.75 Å². The molecule has 0 amide bonds. The lowest BCUT2D eigenvalue weighted by atomic mass is 10.2. The van der Waals surface area contributed by atoms with E-state index in [4.69, 9.17) is 0 Å². The third kappa shape index (κ3) is 6.07. The Hall–Kier alpha value is -1.05. The molecule has 0 spiro atoms. The average Bonchev–Trinajstić information content (AvgIpc) is 3.21. The predicted molar refractivity (Wildman–Crippen MR) is 77.2 cm³/mol. The summed E-state index contributed by atoms with van der Waals surface area (Å²) >= 11 is 0. The summed E-state index contributed by atoms with van der Waals surface area (Å²) in [6.07, 6.45) is 3.77. The zero-order valence-corrected chi connectivity index (χ0v) is 12.6. The van der Waals surface area contributed by atoms with Crippen LogP contribution in [0.25, 0.3) is 0 Å². The molecule has 0 unspecified atom stereocenters. The normalized spacial score (nSPS) is 15.3. The van der Waals surface area contributed by atoms with E-state index in [1.165, 1.54) is 18.9 Å². The number of benzene rings is 1. The van der Waals surface area contributed by atoms with Crippen molar-refractivity contribution in [3.8, 4) is 0 Å². The van der Waals surface area contributed by atoms with E-state index in [1.807, 2.05) is 0 Å². The van der Waals surface area contributed by atoms with E-state index >= 15 is 0 Å². The van der Waals surface area contributed by atoms with Gasteiger partial charge in [-0.2, -0.15) is 0 Å². The highest BCUT2D eigenvalue weighted by molar-refractivity contribution is 7.89. The van der Waals surface area contributed by atoms with Gasteiger partial charge < -0.3 is 5.32 Å². The Morgan fingerprint density at radius 3 is 2.62 bits per heavy atom. The molecule has 4 nitrogen and oxygen atoms in total. The molecule has 2 rings (SSSR count). The maximum atomic E-state index is 13.4. The highest BCUT2D eigenvalue weighted by Gasteiger charge is 2.19. The number of sulfonamides is 1. The van der Waals surface area contributed by atoms with E-state index in [9.17, 15) is 17.2 Å². The third-order valence-corrected chi connectivity index (χ3v) is 4.76. The maximum Gasteiger partial charge on any atom is 0.211 e. The molecule has 0 heterocycles. The summed E-state index contributed by atoms with van der Waals surface area (Å²) in [7, 11) is -3.43. The third-order valence-electron chi connectivity index (χ3n) is 3.35. The van der Waals surface area contributed by atoms with Crippen LogP contribution in [0.5, 0.6) is 0 Å². The first kappa shape index (κ1) is 16.3. The van der Waals surface area contributed by atoms with Crippen molar-refractivity contribution in [1.82, 2.24) is 10.0 Å². The average molecular weight is 318 g/mol. The standard InChI is InChI=1S/C14H20F2N2O2S/c15-12-4-3-11(14(16)9-12)10-18-21(19,20)8-2-1-7-17-13-5-6-13/h3-4,9,13,17-18H,1-2,5-8,10H2. The van der Waals surface area contributed by atoms with Crippen molar-refractivity contribution in [1.29, 1.82) is 0 Å². The van der Waals surface area contributed by atoms with Crippen LogP contribution in [0.1, 0.15) is 31.2 Å². The van der Waals surface area contributed by atoms with Crippen LogP contribution in [-0.4, -0.2) is 26.8 Å². The summed E-state index contributed by atoms with van der Waals surface area (Å²) in [4.78, 5) is 0. The molecule has 2 N–H and O–H groups in total. The van der Waals surface area contributed by atoms with Crippen LogP contribution in [0, 0.1) is 11.6 Å². The van der Waals surface area contributed by atoms with Gasteiger partial charge >= 0.3 is 0 Å². The molecule has 0 aromatic heterocycles. The molecule has 0 radical (unpaired) electrons. The Morgan fingerprint density at radius 1 is 1.19 bits per heavy atom. The van der Waals surface area contributed by atoms with Crippen LogP contribution < -0.4 is 10.0 Å². The van der Waals surface area contributed by atoms with Gasteiger partial charge in [-0.25, -0.2) is 21.9 Å². The molecule has 0 atom stereocenters. The zero-order valence-electron chi connectivity index (χ0n) is 11.7. The van der Waals surface area contributed by atoms with Crippen molar-refractivity contribution in [2.45, 2.75) is 38.3 Å². The van der Waals surface area contributed by atoms with Gasteiger partial charge in [-0.1, -0.05) is 6.07 Å². The van der Waals surface area contributed by atoms with Crippen LogP contribution in [0.2, 0.25) is 0 Å². The van der Waals surface area contributed by atoms with Gasteiger partial charge in [-0.15, -0.1) is 0 Å². The number of hydrogen-bond acceptors (Lipinski definition) is 3. The molecule has 118 valence electrons. The molecule has 1 aromatic rings. The molecule has 21 heavy (non-hydrogen) atoms. The minimum atomic E-state index is -3.43. The first-order valence-electron chi connectivity index (χ1n) is 7.11. The summed E-state index contributed by atoms with van der Waals surface area (Å²) in [5, 5.41) is 3.31. The Labute approximate surface area is 124 Å². The minimum absolute atomic E-state index is 0.0160. The SMILES string of the molecule is O=S(=O)(CCCCNC1CC1)NCc1ccc(F)cc1F. The van der Waals surface area contributed by atoms with Crippen molar-refractivity contribution in [2.24, 2.45) is 0 Å². The highest BCUT2D eigenvalue weighted by Crippen LogP contribution is 2.18. The van der Waals surface area contributed by atoms with E-state index in [1.54, 1.807) is 0 Å². The second kappa shape index (κ2) is 7.29. The number of nitrogens with one attached hydrogen (secondary N) is 2. The number of unbranched alkanes of at least 4 members (excludes halogenated alkanes) is 1. The van der Waals surface area contributed by atoms with Gasteiger partial charge in [-0.05, 0) is 38.3 Å². The van der Waals surface area contributed by atoms with Crippen molar-refractivity contribution in [2.75, 3.05) is 12.3 Å². The lowest BCUT2D eigenvalue weighted by Crippen LogP contribution is -2.27. The lowest BCUT2D eigenvalue weighted by molar-refractivity contribution is 0.559. The van der Waals surface area contributed by atoms with E-state index in [-0.39, 0.29) is 17.9 Å². The van der Waals surface area contributed by atoms with Gasteiger partial charge in [0, 0.05) is 24.2 Å². The Kier molecular flexibility index (Phi) is 5.66. The Morgan fingerprint density at radius 2 is 1.95 bits per heavy atom. The number of rotatable bonds is 9. The largest absolute Gasteiger partial charge is 0.314 e. The summed E-state index contributed by atoms with van der Waals surface area (Å²) in [5.41, 5.74) is 0.135. The minimum Gasteiger partial charge on any atom is -0.314 e. The smallest absolute Gasteiger partial charge is 0.211 e. The zero-order chi connectivity index (χ0) is 15.3. The van der Waals surface area contributed by atoms with Crippen molar-refractivity contribution in [3.05, 3.63) is 35.4 Å². The molecule has 1 aliphatic rings. The second-order valence-corrected chi connectivity index (χ2v) is 7.24. The van der Waals surface area contributed by atoms with E-state index in [2.05, 4.69) is 10.0 Å². The summed E-state index contributed by atoms with van der Waals surface area (Å²) < 4.78 is 52.0. The van der Waals surface area contributed by atoms with Crippen LogP contribution in [0.15, 0.2) is 18.2 Å². The molecular formula is C14H20F2N2O2S. The molecule has 7 heteroatoms. The summed E-state index contributed by atoms with van der Waals surface area (Å²) in [6.45, 7) is 0.668. The fraction of sp³-hybridized carbons (Fsp3) is 0.571. The highest BCUT2D eigenvalue weighted by atomic mass is 32.2. The monoisotopic (exact) mass is 318 g/mol. The van der Waals surface area contributed by atoms with Crippen molar-refractivity contribution < 1.29 is 17.2 Å². The van der Waals surface area contributed by atoms with E-state index in [0.717, 1.165) is 25.1 Å². The van der Waals surface area contributed by atoms with Crippen molar-refractivity contribution in [3.63, 3.8) is 0 Å². The molecule has 0 aliphatic heterocycles. The summed E-state index contributed by atoms with van der Waals surface area (Å²) in [5.74, 6) is -1.41. The van der Waals surface area contributed by atoms with Crippen LogP contribution >= 0.6 is 0 Å². The molecule has 1 saturated carbocycles. The van der Waals surface area contributed by atoms with Gasteiger partial charge in [0.1, 0.15) is 11.6 Å². The summed E-state index contributed by atoms with van der Waals surface area (Å²) in [6, 6.07) is 3.72. The van der Waals surface area contributed by atoms with Gasteiger partial charge in [0.15, 0.2) is 0 Å². The van der Waals surface area contributed by atoms with E-state index in [0.29, 0.717) is 12.5 Å². The molecular weight excluding hydrogens is 298 g/mol. The van der Waals surface area contributed by atoms with E-state index < -0.39 is 21.7 Å². The van der Waals surface area contributed by atoms with Gasteiger partial charge in [0.25, 0.3) is 0 Å². The van der Waals surface area contributed by atoms with Crippen LogP contribution in [0.4, 0.5) is 8.78 Å². The molecule has 0 bridgehead atoms. The second-order valence-electron chi connectivity index (χ2n) is 5.31. The Bertz CT molecular complexity index is 574. The number of hydrogen-bond donors (Lipinski definition) is 2. The van der Waals surface area contributed by atoms with Gasteiger partial charge in [0.2, 0.25) is 10.0 Å². The molecule has 0 saturated heterocycles. The fourth-order valence-electron chi connectivity index (χ4n) is 1.94. The van der Waals surface area contributed by atoms with Gasteiger partial charge in [-0.3, -0.25) is 0 Å². The predicted octanol–water partition coefficient (Wildman–Crippen LogP) is 1.92. The molecule has 1 fully saturated rings. The molecule has 1 aliphatic carbocycles. The number of halogens is 2. The maximum absolute atomic E-state index is 13.4. The Balaban J connectivity index is 1.69. The first-order chi connectivity index (χ1) is 9.96. The topological polar surface area (TPSA) is 58.2 Å². The lowest BCUT2D eigenvalue weighted by Gasteiger charge is -2.08. The first-order valence-corrected chi connectivity index (χ1v) is 8.76. The van der Waals surface area contributed by atoms with Crippen LogP contribution in [-0.2, 0) is 16.6 Å². The fourth-order valence-corrected chi connectivity index (χ4v) is 3.04. The van der Waals surface area contributed by atoms with Crippen LogP contribution in [0.3, 0.4) is 0 Å². The molecule has 1 aromatic carbocycles.